The van der Waals surface area contributed by atoms with Crippen LogP contribution in [0.3, 0.4) is 0 Å². The van der Waals surface area contributed by atoms with Crippen LogP contribution in [0.5, 0.6) is 0 Å². The number of nitrogen functional groups attached to an aromatic ring is 2. The fraction of sp³-hybridized carbons (Fsp3) is 0.538. The zero-order chi connectivity index (χ0) is 14.9. The normalized spacial score (nSPS) is 23.2. The van der Waals surface area contributed by atoms with Gasteiger partial charge in [-0.15, -0.1) is 0 Å². The molecule has 2 atom stereocenters. The average molecular weight is 289 g/mol. The van der Waals surface area contributed by atoms with E-state index < -0.39 is 23.5 Å². The highest BCUT2D eigenvalue weighted by Crippen LogP contribution is 2.37. The van der Waals surface area contributed by atoms with Crippen LogP contribution in [0.2, 0.25) is 0 Å². The molecule has 20 heavy (non-hydrogen) atoms. The number of hydrogen-bond donors (Lipinski definition) is 4. The molecule has 0 radical (unpaired) electrons. The van der Waals surface area contributed by atoms with Gasteiger partial charge in [0.1, 0.15) is 0 Å². The second-order valence-electron chi connectivity index (χ2n) is 5.13. The third-order valence-corrected chi connectivity index (χ3v) is 3.63. The Bertz CT molecular complexity index is 490. The first-order valence-corrected chi connectivity index (χ1v) is 6.45. The number of anilines is 2. The number of hydrogen-bond acceptors (Lipinski definition) is 4. The van der Waals surface area contributed by atoms with Gasteiger partial charge in [0.15, 0.2) is 0 Å². The van der Waals surface area contributed by atoms with Crippen LogP contribution in [0.15, 0.2) is 12.1 Å². The molecule has 1 aliphatic carbocycles. The molecule has 1 aliphatic rings. The molecule has 1 aromatic rings. The third-order valence-electron chi connectivity index (χ3n) is 3.63. The van der Waals surface area contributed by atoms with Gasteiger partial charge in [-0.05, 0) is 37.0 Å². The van der Waals surface area contributed by atoms with Crippen molar-refractivity contribution in [3.05, 3.63) is 23.3 Å². The van der Waals surface area contributed by atoms with E-state index in [0.717, 1.165) is 25.3 Å². The zero-order valence-corrected chi connectivity index (χ0v) is 10.9. The number of rotatable bonds is 3. The molecule has 0 saturated heterocycles. The predicted octanol–water partition coefficient (Wildman–Crippen LogP) is 1.87. The van der Waals surface area contributed by atoms with Gasteiger partial charge in [0.05, 0.1) is 23.0 Å². The lowest BCUT2D eigenvalue weighted by molar-refractivity contribution is -0.136. The van der Waals surface area contributed by atoms with Crippen LogP contribution in [0.1, 0.15) is 30.4 Å². The summed E-state index contributed by atoms with van der Waals surface area (Å²) in [5.74, 6) is 0. The average Bonchev–Trinajstić information content (AvgIpc) is 2.75. The van der Waals surface area contributed by atoms with E-state index in [1.165, 1.54) is 6.07 Å². The summed E-state index contributed by atoms with van der Waals surface area (Å²) in [7, 11) is 0. The highest BCUT2D eigenvalue weighted by atomic mass is 19.4. The van der Waals surface area contributed by atoms with Gasteiger partial charge in [0.2, 0.25) is 0 Å². The Labute approximate surface area is 115 Å². The van der Waals surface area contributed by atoms with Gasteiger partial charge in [-0.25, -0.2) is 0 Å². The Balaban J connectivity index is 2.14. The summed E-state index contributed by atoms with van der Waals surface area (Å²) in [6.45, 7) is 0.218. The number of alkyl halides is 3. The summed E-state index contributed by atoms with van der Waals surface area (Å²) in [4.78, 5) is 0. The van der Waals surface area contributed by atoms with E-state index in [0.29, 0.717) is 5.56 Å². The molecule has 0 aliphatic heterocycles. The van der Waals surface area contributed by atoms with Crippen LogP contribution in [-0.2, 0) is 12.7 Å². The minimum Gasteiger partial charge on any atom is -0.397 e. The van der Waals surface area contributed by atoms with Crippen LogP contribution in [-0.4, -0.2) is 17.3 Å². The highest BCUT2D eigenvalue weighted by molar-refractivity contribution is 5.69. The topological polar surface area (TPSA) is 84.3 Å². The minimum absolute atomic E-state index is 0.0800. The lowest BCUT2D eigenvalue weighted by Crippen LogP contribution is -2.35. The summed E-state index contributed by atoms with van der Waals surface area (Å²) >= 11 is 0. The molecular formula is C13H18F3N3O. The van der Waals surface area contributed by atoms with Crippen molar-refractivity contribution < 1.29 is 18.3 Å². The number of aliphatic hydroxyl groups is 1. The maximum Gasteiger partial charge on any atom is 0.418 e. The van der Waals surface area contributed by atoms with Gasteiger partial charge in [0, 0.05) is 12.6 Å². The van der Waals surface area contributed by atoms with Crippen molar-refractivity contribution in [2.45, 2.75) is 44.1 Å². The fourth-order valence-corrected chi connectivity index (χ4v) is 2.50. The standard InChI is InChI=1S/C13H18F3N3O/c14-13(15,16)8-4-7(5-9(17)12(8)18)6-19-10-2-1-3-11(10)20/h4-5,10-11,19-20H,1-3,6,17-18H2/t10?,11-/m0/s1. The maximum atomic E-state index is 12.8. The Morgan fingerprint density at radius 1 is 1.25 bits per heavy atom. The van der Waals surface area contributed by atoms with E-state index in [-0.39, 0.29) is 18.3 Å². The second-order valence-corrected chi connectivity index (χ2v) is 5.13. The van der Waals surface area contributed by atoms with Gasteiger partial charge in [0.25, 0.3) is 0 Å². The first-order valence-electron chi connectivity index (χ1n) is 6.45. The summed E-state index contributed by atoms with van der Waals surface area (Å²) in [5, 5.41) is 12.7. The zero-order valence-electron chi connectivity index (χ0n) is 10.9. The Morgan fingerprint density at radius 3 is 2.50 bits per heavy atom. The van der Waals surface area contributed by atoms with Crippen LogP contribution in [0, 0.1) is 0 Å². The number of nitrogens with two attached hydrogens (primary N) is 2. The van der Waals surface area contributed by atoms with Crippen LogP contribution >= 0.6 is 0 Å². The number of halogens is 3. The monoisotopic (exact) mass is 289 g/mol. The third kappa shape index (κ3) is 3.16. The van der Waals surface area contributed by atoms with Gasteiger partial charge in [-0.2, -0.15) is 13.2 Å². The van der Waals surface area contributed by atoms with Gasteiger partial charge >= 0.3 is 6.18 Å². The maximum absolute atomic E-state index is 12.8. The Kier molecular flexibility index (Phi) is 4.10. The van der Waals surface area contributed by atoms with Crippen molar-refractivity contribution in [2.75, 3.05) is 11.5 Å². The van der Waals surface area contributed by atoms with E-state index in [1.807, 2.05) is 0 Å². The molecule has 0 aromatic heterocycles. The van der Waals surface area contributed by atoms with Crippen molar-refractivity contribution in [1.82, 2.24) is 5.32 Å². The van der Waals surface area contributed by atoms with E-state index >= 15 is 0 Å². The van der Waals surface area contributed by atoms with E-state index in [2.05, 4.69) is 5.32 Å². The molecule has 0 bridgehead atoms. The minimum atomic E-state index is -4.53. The molecule has 1 saturated carbocycles. The molecule has 1 unspecified atom stereocenters. The molecule has 7 heteroatoms. The molecule has 2 rings (SSSR count). The van der Waals surface area contributed by atoms with Gasteiger partial charge in [-0.3, -0.25) is 0 Å². The molecule has 1 fully saturated rings. The molecule has 1 aromatic carbocycles. The first-order chi connectivity index (χ1) is 9.29. The molecular weight excluding hydrogens is 271 g/mol. The summed E-state index contributed by atoms with van der Waals surface area (Å²) in [6.07, 6.45) is -2.52. The number of aliphatic hydroxyl groups excluding tert-OH is 1. The Morgan fingerprint density at radius 2 is 1.95 bits per heavy atom. The lowest BCUT2D eigenvalue weighted by atomic mass is 10.1. The van der Waals surface area contributed by atoms with Gasteiger partial charge < -0.3 is 21.9 Å². The highest BCUT2D eigenvalue weighted by Gasteiger charge is 2.34. The fourth-order valence-electron chi connectivity index (χ4n) is 2.50. The van der Waals surface area contributed by atoms with E-state index in [4.69, 9.17) is 11.5 Å². The van der Waals surface area contributed by atoms with Crippen molar-refractivity contribution >= 4 is 11.4 Å². The van der Waals surface area contributed by atoms with E-state index in [9.17, 15) is 18.3 Å². The number of nitrogens with one attached hydrogen (secondary N) is 1. The SMILES string of the molecule is Nc1cc(CNC2CCC[C@@H]2O)cc(C(F)(F)F)c1N. The molecule has 6 N–H and O–H groups in total. The second kappa shape index (κ2) is 5.49. The quantitative estimate of drug-likeness (QED) is 0.640. The molecule has 112 valence electrons. The molecule has 0 heterocycles. The first kappa shape index (κ1) is 14.9. The number of benzene rings is 1. The summed E-state index contributed by atoms with van der Waals surface area (Å²) < 4.78 is 38.4. The van der Waals surface area contributed by atoms with Crippen molar-refractivity contribution in [3.63, 3.8) is 0 Å². The van der Waals surface area contributed by atoms with Gasteiger partial charge in [-0.1, -0.05) is 0 Å². The van der Waals surface area contributed by atoms with Crippen LogP contribution in [0.4, 0.5) is 24.5 Å². The van der Waals surface area contributed by atoms with Crippen molar-refractivity contribution in [3.8, 4) is 0 Å². The predicted molar refractivity (Wildman–Crippen MR) is 70.8 cm³/mol. The van der Waals surface area contributed by atoms with Crippen LogP contribution in [0.25, 0.3) is 0 Å². The molecule has 0 spiro atoms. The smallest absolute Gasteiger partial charge is 0.397 e. The van der Waals surface area contributed by atoms with E-state index in [1.54, 1.807) is 0 Å². The molecule has 0 amide bonds. The summed E-state index contributed by atoms with van der Waals surface area (Å²) in [5.41, 5.74) is 9.87. The largest absolute Gasteiger partial charge is 0.418 e. The Hall–Kier alpha value is -1.47. The van der Waals surface area contributed by atoms with Crippen molar-refractivity contribution in [2.24, 2.45) is 0 Å². The van der Waals surface area contributed by atoms with Crippen molar-refractivity contribution in [1.29, 1.82) is 0 Å². The molecule has 4 nitrogen and oxygen atoms in total. The summed E-state index contributed by atoms with van der Waals surface area (Å²) in [6, 6.07) is 2.35. The van der Waals surface area contributed by atoms with Crippen LogP contribution < -0.4 is 16.8 Å². The lowest BCUT2D eigenvalue weighted by Gasteiger charge is -2.18.